The molecule has 0 bridgehead atoms. The number of halogens is 3. The molecular weight excluding hydrogens is 275 g/mol. The first-order valence-corrected chi connectivity index (χ1v) is 5.71. The number of nitrogens with two attached hydrogens (primary N) is 1. The molecule has 8 heteroatoms. The normalized spacial score (nSPS) is 12.0. The van der Waals surface area contributed by atoms with Crippen LogP contribution in [0.2, 0.25) is 0 Å². The number of carbonyl (C=O) groups excluding carboxylic acids is 1. The number of benzene rings is 1. The Balaban J connectivity index is 2.58. The van der Waals surface area contributed by atoms with E-state index >= 15 is 0 Å². The van der Waals surface area contributed by atoms with E-state index in [-0.39, 0.29) is 24.5 Å². The Morgan fingerprint density at radius 1 is 1.45 bits per heavy atom. The zero-order chi connectivity index (χ0) is 14.9. The minimum atomic E-state index is -4.46. The van der Waals surface area contributed by atoms with Gasteiger partial charge in [0, 0.05) is 13.7 Å². The van der Waals surface area contributed by atoms with Crippen LogP contribution in [0.4, 0.5) is 13.2 Å². The third-order valence-electron chi connectivity index (χ3n) is 2.81. The summed E-state index contributed by atoms with van der Waals surface area (Å²) in [5.41, 5.74) is 4.85. The third-order valence-corrected chi connectivity index (χ3v) is 2.81. The Hall–Kier alpha value is -2.09. The Morgan fingerprint density at radius 2 is 2.15 bits per heavy atom. The molecule has 0 saturated carbocycles. The highest BCUT2D eigenvalue weighted by Gasteiger charge is 2.31. The summed E-state index contributed by atoms with van der Waals surface area (Å²) in [5, 5.41) is 0. The van der Waals surface area contributed by atoms with E-state index in [9.17, 15) is 18.0 Å². The number of rotatable bonds is 4. The lowest BCUT2D eigenvalue weighted by Crippen LogP contribution is -2.19. The second-order valence-electron chi connectivity index (χ2n) is 4.15. The quantitative estimate of drug-likeness (QED) is 0.932. The number of hydrogen-bond donors (Lipinski definition) is 1. The highest BCUT2D eigenvalue weighted by atomic mass is 19.4. The fourth-order valence-electron chi connectivity index (χ4n) is 1.90. The molecule has 0 unspecified atom stereocenters. The largest absolute Gasteiger partial charge is 0.416 e. The molecule has 2 N–H and O–H groups in total. The monoisotopic (exact) mass is 287 g/mol. The SMILES string of the molecule is COCCn1c(C(N)=O)nc2cc(C(F)(F)F)ccc21. The maximum Gasteiger partial charge on any atom is 0.416 e. The Bertz CT molecular complexity index is 649. The van der Waals surface area contributed by atoms with Gasteiger partial charge in [0.05, 0.1) is 23.2 Å². The summed E-state index contributed by atoms with van der Waals surface area (Å²) in [4.78, 5) is 15.2. The lowest BCUT2D eigenvalue weighted by Gasteiger charge is -2.08. The van der Waals surface area contributed by atoms with Gasteiger partial charge in [-0.3, -0.25) is 4.79 Å². The first-order chi connectivity index (χ1) is 9.34. The van der Waals surface area contributed by atoms with Crippen LogP contribution in [-0.2, 0) is 17.5 Å². The van der Waals surface area contributed by atoms with Gasteiger partial charge in [0.1, 0.15) is 0 Å². The molecule has 0 spiro atoms. The molecule has 0 aliphatic carbocycles. The summed E-state index contributed by atoms with van der Waals surface area (Å²) < 4.78 is 44.3. The molecule has 2 rings (SSSR count). The summed E-state index contributed by atoms with van der Waals surface area (Å²) in [6, 6.07) is 3.11. The first-order valence-electron chi connectivity index (χ1n) is 5.71. The molecule has 1 amide bonds. The predicted octanol–water partition coefficient (Wildman–Crippen LogP) is 1.80. The zero-order valence-electron chi connectivity index (χ0n) is 10.6. The van der Waals surface area contributed by atoms with E-state index < -0.39 is 17.6 Å². The van der Waals surface area contributed by atoms with Crippen molar-refractivity contribution in [3.63, 3.8) is 0 Å². The highest BCUT2D eigenvalue weighted by Crippen LogP contribution is 2.31. The van der Waals surface area contributed by atoms with Crippen LogP contribution in [0.25, 0.3) is 11.0 Å². The number of alkyl halides is 3. The van der Waals surface area contributed by atoms with Crippen LogP contribution in [0.5, 0.6) is 0 Å². The van der Waals surface area contributed by atoms with E-state index in [0.29, 0.717) is 5.52 Å². The number of fused-ring (bicyclic) bond motifs is 1. The average Bonchev–Trinajstić information content (AvgIpc) is 2.73. The number of nitrogens with zero attached hydrogens (tertiary/aromatic N) is 2. The van der Waals surface area contributed by atoms with Crippen LogP contribution in [0.15, 0.2) is 18.2 Å². The van der Waals surface area contributed by atoms with E-state index in [1.165, 1.54) is 17.7 Å². The third kappa shape index (κ3) is 2.60. The summed E-state index contributed by atoms with van der Waals surface area (Å²) >= 11 is 0. The fourth-order valence-corrected chi connectivity index (χ4v) is 1.90. The van der Waals surface area contributed by atoms with Crippen molar-refractivity contribution in [3.05, 3.63) is 29.6 Å². The molecule has 5 nitrogen and oxygen atoms in total. The van der Waals surface area contributed by atoms with Crippen molar-refractivity contribution in [2.24, 2.45) is 5.73 Å². The van der Waals surface area contributed by atoms with Gasteiger partial charge in [-0.2, -0.15) is 13.2 Å². The van der Waals surface area contributed by atoms with Crippen molar-refractivity contribution >= 4 is 16.9 Å². The fraction of sp³-hybridized carbons (Fsp3) is 0.333. The number of amides is 1. The maximum atomic E-state index is 12.6. The number of primary amides is 1. The Morgan fingerprint density at radius 3 is 2.70 bits per heavy atom. The smallest absolute Gasteiger partial charge is 0.383 e. The van der Waals surface area contributed by atoms with Crippen LogP contribution in [0, 0.1) is 0 Å². The van der Waals surface area contributed by atoms with E-state index in [4.69, 9.17) is 10.5 Å². The van der Waals surface area contributed by atoms with Crippen LogP contribution in [0.3, 0.4) is 0 Å². The molecule has 1 aromatic carbocycles. The van der Waals surface area contributed by atoms with Gasteiger partial charge in [0.25, 0.3) is 5.91 Å². The van der Waals surface area contributed by atoms with Gasteiger partial charge in [-0.05, 0) is 18.2 Å². The highest BCUT2D eigenvalue weighted by molar-refractivity contribution is 5.93. The van der Waals surface area contributed by atoms with Crippen LogP contribution in [0.1, 0.15) is 16.2 Å². The Labute approximate surface area is 112 Å². The summed E-state index contributed by atoms with van der Waals surface area (Å²) in [6.45, 7) is 0.559. The van der Waals surface area contributed by atoms with Crippen molar-refractivity contribution in [2.75, 3.05) is 13.7 Å². The standard InChI is InChI=1S/C12H12F3N3O2/c1-20-5-4-18-9-3-2-7(12(13,14)15)6-8(9)17-11(18)10(16)19/h2-3,6H,4-5H2,1H3,(H2,16,19). The second-order valence-corrected chi connectivity index (χ2v) is 4.15. The number of carbonyl (C=O) groups is 1. The van der Waals surface area contributed by atoms with Gasteiger partial charge in [-0.15, -0.1) is 0 Å². The van der Waals surface area contributed by atoms with Crippen LogP contribution in [-0.4, -0.2) is 29.2 Å². The van der Waals surface area contributed by atoms with Gasteiger partial charge in [0.2, 0.25) is 0 Å². The van der Waals surface area contributed by atoms with E-state index in [2.05, 4.69) is 4.98 Å². The minimum absolute atomic E-state index is 0.0738. The average molecular weight is 287 g/mol. The minimum Gasteiger partial charge on any atom is -0.383 e. The topological polar surface area (TPSA) is 70.1 Å². The van der Waals surface area contributed by atoms with Crippen molar-refractivity contribution in [3.8, 4) is 0 Å². The Kier molecular flexibility index (Phi) is 3.67. The van der Waals surface area contributed by atoms with Gasteiger partial charge in [-0.1, -0.05) is 0 Å². The molecule has 0 atom stereocenters. The number of methoxy groups -OCH3 is 1. The van der Waals surface area contributed by atoms with Gasteiger partial charge >= 0.3 is 6.18 Å². The van der Waals surface area contributed by atoms with Crippen molar-refractivity contribution in [1.29, 1.82) is 0 Å². The molecular formula is C12H12F3N3O2. The molecule has 0 saturated heterocycles. The maximum absolute atomic E-state index is 12.6. The lowest BCUT2D eigenvalue weighted by molar-refractivity contribution is -0.137. The molecule has 1 aromatic heterocycles. The molecule has 0 fully saturated rings. The van der Waals surface area contributed by atoms with Crippen LogP contribution >= 0.6 is 0 Å². The first kappa shape index (κ1) is 14.3. The van der Waals surface area contributed by atoms with Gasteiger partial charge in [0.15, 0.2) is 5.82 Å². The van der Waals surface area contributed by atoms with Crippen molar-refractivity contribution in [1.82, 2.24) is 9.55 Å². The van der Waals surface area contributed by atoms with Gasteiger partial charge < -0.3 is 15.0 Å². The van der Waals surface area contributed by atoms with Gasteiger partial charge in [-0.25, -0.2) is 4.98 Å². The summed E-state index contributed by atoms with van der Waals surface area (Å²) in [7, 11) is 1.48. The number of ether oxygens (including phenoxy) is 1. The molecule has 0 radical (unpaired) electrons. The molecule has 0 aliphatic rings. The summed E-state index contributed by atoms with van der Waals surface area (Å²) in [5.74, 6) is -0.887. The number of aromatic nitrogens is 2. The molecule has 20 heavy (non-hydrogen) atoms. The lowest BCUT2D eigenvalue weighted by atomic mass is 10.2. The predicted molar refractivity (Wildman–Crippen MR) is 65.1 cm³/mol. The van der Waals surface area contributed by atoms with E-state index in [0.717, 1.165) is 12.1 Å². The zero-order valence-corrected chi connectivity index (χ0v) is 10.6. The number of hydrogen-bond acceptors (Lipinski definition) is 3. The molecule has 0 aliphatic heterocycles. The van der Waals surface area contributed by atoms with Crippen LogP contribution < -0.4 is 5.73 Å². The summed E-state index contributed by atoms with van der Waals surface area (Å²) in [6.07, 6.45) is -4.46. The molecule has 1 heterocycles. The van der Waals surface area contributed by atoms with E-state index in [1.54, 1.807) is 0 Å². The number of imidazole rings is 1. The van der Waals surface area contributed by atoms with E-state index in [1.807, 2.05) is 0 Å². The van der Waals surface area contributed by atoms with Crippen molar-refractivity contribution < 1.29 is 22.7 Å². The molecule has 2 aromatic rings. The second kappa shape index (κ2) is 5.12. The molecule has 108 valence electrons. The van der Waals surface area contributed by atoms with Crippen molar-refractivity contribution in [2.45, 2.75) is 12.7 Å².